The Balaban J connectivity index is 1.48. The van der Waals surface area contributed by atoms with Gasteiger partial charge in [-0.05, 0) is 60.0 Å². The summed E-state index contributed by atoms with van der Waals surface area (Å²) in [6.45, 7) is 2.63. The number of carbonyl (C=O) groups is 1. The van der Waals surface area contributed by atoms with Gasteiger partial charge in [-0.2, -0.15) is 0 Å². The standard InChI is InChI=1S/C24H23ClFNO3/c1-2-23(30-22-5-3-4-19(25)14-22)24(28)27-15-17-8-12-21(13-9-17)29-16-18-6-10-20(26)11-7-18/h3-14,23H,2,15-16H2,1H3,(H,27,28)/t23-/m0/s1. The summed E-state index contributed by atoms with van der Waals surface area (Å²) >= 11 is 5.96. The molecule has 6 heteroatoms. The highest BCUT2D eigenvalue weighted by Gasteiger charge is 2.18. The van der Waals surface area contributed by atoms with Crippen LogP contribution in [0.15, 0.2) is 72.8 Å². The maximum absolute atomic E-state index is 12.9. The Morgan fingerprint density at radius 3 is 2.37 bits per heavy atom. The molecule has 0 heterocycles. The van der Waals surface area contributed by atoms with Gasteiger partial charge in [0.25, 0.3) is 5.91 Å². The fourth-order valence-electron chi connectivity index (χ4n) is 2.78. The summed E-state index contributed by atoms with van der Waals surface area (Å²) in [7, 11) is 0. The van der Waals surface area contributed by atoms with Crippen molar-refractivity contribution in [2.24, 2.45) is 0 Å². The van der Waals surface area contributed by atoms with Gasteiger partial charge in [-0.25, -0.2) is 4.39 Å². The zero-order valence-corrected chi connectivity index (χ0v) is 17.4. The Bertz CT molecular complexity index is 961. The zero-order chi connectivity index (χ0) is 21.3. The Morgan fingerprint density at radius 2 is 1.70 bits per heavy atom. The molecular weight excluding hydrogens is 405 g/mol. The van der Waals surface area contributed by atoms with Gasteiger partial charge in [0.15, 0.2) is 6.10 Å². The molecule has 0 aliphatic rings. The molecule has 0 aliphatic carbocycles. The van der Waals surface area contributed by atoms with E-state index in [0.29, 0.717) is 36.1 Å². The summed E-state index contributed by atoms with van der Waals surface area (Å²) in [6, 6.07) is 20.6. The third kappa shape index (κ3) is 6.49. The largest absolute Gasteiger partial charge is 0.489 e. The molecule has 30 heavy (non-hydrogen) atoms. The van der Waals surface area contributed by atoms with E-state index in [1.54, 1.807) is 36.4 Å². The summed E-state index contributed by atoms with van der Waals surface area (Å²) in [4.78, 5) is 12.5. The van der Waals surface area contributed by atoms with Crippen LogP contribution in [0.25, 0.3) is 0 Å². The first-order valence-corrected chi connectivity index (χ1v) is 10.1. The van der Waals surface area contributed by atoms with Crippen LogP contribution in [0.3, 0.4) is 0 Å². The number of rotatable bonds is 9. The van der Waals surface area contributed by atoms with Crippen molar-refractivity contribution in [2.45, 2.75) is 32.6 Å². The van der Waals surface area contributed by atoms with Gasteiger partial charge in [0.1, 0.15) is 23.9 Å². The highest BCUT2D eigenvalue weighted by Crippen LogP contribution is 2.19. The van der Waals surface area contributed by atoms with Crippen molar-refractivity contribution in [3.63, 3.8) is 0 Å². The van der Waals surface area contributed by atoms with E-state index < -0.39 is 6.10 Å². The van der Waals surface area contributed by atoms with Gasteiger partial charge in [-0.1, -0.05) is 48.9 Å². The number of benzene rings is 3. The van der Waals surface area contributed by atoms with Crippen LogP contribution in [0.1, 0.15) is 24.5 Å². The number of carbonyl (C=O) groups excluding carboxylic acids is 1. The topological polar surface area (TPSA) is 47.6 Å². The van der Waals surface area contributed by atoms with Crippen molar-refractivity contribution < 1.29 is 18.7 Å². The predicted molar refractivity (Wildman–Crippen MR) is 115 cm³/mol. The number of ether oxygens (including phenoxy) is 2. The normalized spacial score (nSPS) is 11.6. The first kappa shape index (κ1) is 21.7. The van der Waals surface area contributed by atoms with Gasteiger partial charge in [0.2, 0.25) is 0 Å². The van der Waals surface area contributed by atoms with Gasteiger partial charge in [-0.3, -0.25) is 4.79 Å². The molecule has 1 amide bonds. The number of hydrogen-bond acceptors (Lipinski definition) is 3. The third-order valence-corrected chi connectivity index (χ3v) is 4.68. The molecule has 1 N–H and O–H groups in total. The molecule has 3 rings (SSSR count). The highest BCUT2D eigenvalue weighted by atomic mass is 35.5. The molecule has 0 saturated heterocycles. The van der Waals surface area contributed by atoms with Crippen molar-refractivity contribution in [3.05, 3.63) is 94.8 Å². The van der Waals surface area contributed by atoms with E-state index in [1.165, 1.54) is 12.1 Å². The lowest BCUT2D eigenvalue weighted by Gasteiger charge is -2.17. The Labute approximate surface area is 180 Å². The van der Waals surface area contributed by atoms with Crippen molar-refractivity contribution in [3.8, 4) is 11.5 Å². The van der Waals surface area contributed by atoms with Gasteiger partial charge in [0, 0.05) is 11.6 Å². The summed E-state index contributed by atoms with van der Waals surface area (Å²) in [5.41, 5.74) is 1.83. The van der Waals surface area contributed by atoms with Crippen LogP contribution in [0.4, 0.5) is 4.39 Å². The van der Waals surface area contributed by atoms with Crippen molar-refractivity contribution in [2.75, 3.05) is 0 Å². The molecule has 0 aliphatic heterocycles. The van der Waals surface area contributed by atoms with Crippen molar-refractivity contribution >= 4 is 17.5 Å². The molecule has 0 aromatic heterocycles. The van der Waals surface area contributed by atoms with Gasteiger partial charge in [0.05, 0.1) is 0 Å². The summed E-state index contributed by atoms with van der Waals surface area (Å²) in [5, 5.41) is 3.45. The second kappa shape index (κ2) is 10.6. The van der Waals surface area contributed by atoms with E-state index in [0.717, 1.165) is 11.1 Å². The van der Waals surface area contributed by atoms with Crippen LogP contribution < -0.4 is 14.8 Å². The van der Waals surface area contributed by atoms with E-state index in [2.05, 4.69) is 5.32 Å². The second-order valence-corrected chi connectivity index (χ2v) is 7.19. The van der Waals surface area contributed by atoms with Crippen LogP contribution in [0.2, 0.25) is 5.02 Å². The van der Waals surface area contributed by atoms with Crippen LogP contribution in [0, 0.1) is 5.82 Å². The molecule has 3 aromatic rings. The second-order valence-electron chi connectivity index (χ2n) is 6.75. The van der Waals surface area contributed by atoms with Gasteiger partial charge >= 0.3 is 0 Å². The Kier molecular flexibility index (Phi) is 7.69. The third-order valence-electron chi connectivity index (χ3n) is 4.45. The smallest absolute Gasteiger partial charge is 0.261 e. The highest BCUT2D eigenvalue weighted by molar-refractivity contribution is 6.30. The SMILES string of the molecule is CC[C@H](Oc1cccc(Cl)c1)C(=O)NCc1ccc(OCc2ccc(F)cc2)cc1. The van der Waals surface area contributed by atoms with Crippen LogP contribution in [0.5, 0.6) is 11.5 Å². The van der Waals surface area contributed by atoms with E-state index in [1.807, 2.05) is 31.2 Å². The summed E-state index contributed by atoms with van der Waals surface area (Å²) in [6.07, 6.45) is -0.0594. The maximum atomic E-state index is 12.9. The minimum atomic E-state index is -0.596. The zero-order valence-electron chi connectivity index (χ0n) is 16.6. The molecule has 1 atom stereocenters. The van der Waals surface area contributed by atoms with Crippen molar-refractivity contribution in [1.82, 2.24) is 5.32 Å². The van der Waals surface area contributed by atoms with E-state index in [9.17, 15) is 9.18 Å². The monoisotopic (exact) mass is 427 g/mol. The lowest BCUT2D eigenvalue weighted by molar-refractivity contribution is -0.128. The average molecular weight is 428 g/mol. The number of halogens is 2. The van der Waals surface area contributed by atoms with E-state index in [-0.39, 0.29) is 11.7 Å². The van der Waals surface area contributed by atoms with Crippen molar-refractivity contribution in [1.29, 1.82) is 0 Å². The molecule has 156 valence electrons. The number of nitrogens with one attached hydrogen (secondary N) is 1. The first-order valence-electron chi connectivity index (χ1n) is 9.69. The fourth-order valence-corrected chi connectivity index (χ4v) is 2.96. The average Bonchev–Trinajstić information content (AvgIpc) is 2.76. The molecule has 0 fully saturated rings. The van der Waals surface area contributed by atoms with Crippen LogP contribution >= 0.6 is 11.6 Å². The quantitative estimate of drug-likeness (QED) is 0.488. The Hall–Kier alpha value is -3.05. The minimum Gasteiger partial charge on any atom is -0.489 e. The van der Waals surface area contributed by atoms with E-state index in [4.69, 9.17) is 21.1 Å². The first-order chi connectivity index (χ1) is 14.5. The molecule has 3 aromatic carbocycles. The lowest BCUT2D eigenvalue weighted by Crippen LogP contribution is -2.37. The molecular formula is C24H23ClFNO3. The molecule has 0 bridgehead atoms. The summed E-state index contributed by atoms with van der Waals surface area (Å²) in [5.74, 6) is 0.805. The molecule has 4 nitrogen and oxygen atoms in total. The maximum Gasteiger partial charge on any atom is 0.261 e. The van der Waals surface area contributed by atoms with Gasteiger partial charge < -0.3 is 14.8 Å². The molecule has 0 radical (unpaired) electrons. The minimum absolute atomic E-state index is 0.186. The predicted octanol–water partition coefficient (Wildman–Crippen LogP) is 5.53. The number of hydrogen-bond donors (Lipinski definition) is 1. The van der Waals surface area contributed by atoms with Crippen LogP contribution in [-0.4, -0.2) is 12.0 Å². The van der Waals surface area contributed by atoms with Crippen LogP contribution in [-0.2, 0) is 17.9 Å². The number of amides is 1. The Morgan fingerprint density at radius 1 is 1.00 bits per heavy atom. The van der Waals surface area contributed by atoms with E-state index >= 15 is 0 Å². The molecule has 0 unspecified atom stereocenters. The fraction of sp³-hybridized carbons (Fsp3) is 0.208. The summed E-state index contributed by atoms with van der Waals surface area (Å²) < 4.78 is 24.4. The molecule has 0 spiro atoms. The lowest BCUT2D eigenvalue weighted by atomic mass is 10.2. The molecule has 0 saturated carbocycles. The van der Waals surface area contributed by atoms with Gasteiger partial charge in [-0.15, -0.1) is 0 Å².